The van der Waals surface area contributed by atoms with Gasteiger partial charge in [0.15, 0.2) is 0 Å². The Hall–Kier alpha value is -0.630. The highest BCUT2D eigenvalue weighted by Crippen LogP contribution is 2.37. The molecule has 0 radical (unpaired) electrons. The highest BCUT2D eigenvalue weighted by Gasteiger charge is 2.38. The zero-order valence-corrected chi connectivity index (χ0v) is 10.5. The van der Waals surface area contributed by atoms with Gasteiger partial charge in [-0.3, -0.25) is 4.79 Å². The third-order valence-electron chi connectivity index (χ3n) is 3.01. The number of ketones is 1. The van der Waals surface area contributed by atoms with Crippen LogP contribution >= 0.6 is 0 Å². The fourth-order valence-electron chi connectivity index (χ4n) is 2.18. The van der Waals surface area contributed by atoms with E-state index in [0.717, 1.165) is 13.0 Å². The van der Waals surface area contributed by atoms with Crippen LogP contribution in [0.2, 0.25) is 0 Å². The van der Waals surface area contributed by atoms with Crippen LogP contribution in [0.3, 0.4) is 0 Å². The topological polar surface area (TPSA) is 26.3 Å². The normalized spacial score (nSPS) is 18.6. The molecule has 0 amide bonds. The minimum absolute atomic E-state index is 0.275. The molecule has 0 saturated carbocycles. The first-order valence-electron chi connectivity index (χ1n) is 5.58. The minimum atomic E-state index is -0.345. The number of Topliss-reactive ketones (excluding diaryl/α,β-unsaturated/α-hetero) is 1. The highest BCUT2D eigenvalue weighted by atomic mass is 16.5. The maximum Gasteiger partial charge on any atom is 0.147 e. The van der Waals surface area contributed by atoms with E-state index in [0.29, 0.717) is 12.4 Å². The molecule has 0 unspecified atom stereocenters. The first-order chi connectivity index (χ1) is 6.76. The predicted octanol–water partition coefficient (Wildman–Crippen LogP) is 2.97. The SMILES string of the molecule is CC(C)(C)C(=O)C(C)(C)C1=CCOCC1. The summed E-state index contributed by atoms with van der Waals surface area (Å²) in [5.74, 6) is 0.308. The Kier molecular flexibility index (Phi) is 3.39. The van der Waals surface area contributed by atoms with Crippen molar-refractivity contribution in [2.45, 2.75) is 41.0 Å². The standard InChI is InChI=1S/C13H22O2/c1-12(2,3)11(14)13(4,5)10-6-8-15-9-7-10/h6H,7-9H2,1-5H3. The van der Waals surface area contributed by atoms with Crippen molar-refractivity contribution >= 4 is 5.78 Å². The lowest BCUT2D eigenvalue weighted by Gasteiger charge is -2.34. The molecular formula is C13H22O2. The molecule has 2 nitrogen and oxygen atoms in total. The van der Waals surface area contributed by atoms with Gasteiger partial charge in [0.1, 0.15) is 5.78 Å². The third kappa shape index (κ3) is 2.69. The summed E-state index contributed by atoms with van der Waals surface area (Å²) in [6.45, 7) is 11.4. The maximum atomic E-state index is 12.3. The second-order valence-corrected chi connectivity index (χ2v) is 5.76. The van der Waals surface area contributed by atoms with Crippen LogP contribution in [0.5, 0.6) is 0 Å². The zero-order valence-electron chi connectivity index (χ0n) is 10.5. The van der Waals surface area contributed by atoms with Crippen LogP contribution < -0.4 is 0 Å². The Labute approximate surface area is 92.7 Å². The van der Waals surface area contributed by atoms with Crippen LogP contribution in [0.15, 0.2) is 11.6 Å². The lowest BCUT2D eigenvalue weighted by molar-refractivity contribution is -0.133. The van der Waals surface area contributed by atoms with E-state index in [9.17, 15) is 4.79 Å². The molecular weight excluding hydrogens is 188 g/mol. The van der Waals surface area contributed by atoms with Crippen molar-refractivity contribution in [3.8, 4) is 0 Å². The number of carbonyl (C=O) groups excluding carboxylic acids is 1. The second-order valence-electron chi connectivity index (χ2n) is 5.76. The molecule has 0 aromatic rings. The highest BCUT2D eigenvalue weighted by molar-refractivity contribution is 5.91. The van der Waals surface area contributed by atoms with Gasteiger partial charge in [0.2, 0.25) is 0 Å². The summed E-state index contributed by atoms with van der Waals surface area (Å²) in [5.41, 5.74) is 0.610. The van der Waals surface area contributed by atoms with Gasteiger partial charge >= 0.3 is 0 Å². The Morgan fingerprint density at radius 1 is 1.27 bits per heavy atom. The van der Waals surface area contributed by atoms with Gasteiger partial charge in [-0.25, -0.2) is 0 Å². The molecule has 0 fully saturated rings. The van der Waals surface area contributed by atoms with Crippen molar-refractivity contribution in [2.75, 3.05) is 13.2 Å². The number of carbonyl (C=O) groups is 1. The van der Waals surface area contributed by atoms with Gasteiger partial charge < -0.3 is 4.74 Å². The van der Waals surface area contributed by atoms with Crippen molar-refractivity contribution in [2.24, 2.45) is 10.8 Å². The van der Waals surface area contributed by atoms with Crippen LogP contribution in [0.25, 0.3) is 0 Å². The van der Waals surface area contributed by atoms with E-state index in [1.54, 1.807) is 0 Å². The van der Waals surface area contributed by atoms with E-state index in [1.807, 2.05) is 34.6 Å². The number of ether oxygens (including phenoxy) is 1. The van der Waals surface area contributed by atoms with Gasteiger partial charge in [-0.15, -0.1) is 0 Å². The number of hydrogen-bond donors (Lipinski definition) is 0. The third-order valence-corrected chi connectivity index (χ3v) is 3.01. The lowest BCUT2D eigenvalue weighted by Crippen LogP contribution is -2.37. The van der Waals surface area contributed by atoms with E-state index < -0.39 is 0 Å². The molecule has 0 aromatic heterocycles. The molecule has 1 aliphatic heterocycles. The lowest BCUT2D eigenvalue weighted by atomic mass is 9.69. The molecule has 1 aliphatic rings. The molecule has 0 bridgehead atoms. The molecule has 86 valence electrons. The summed E-state index contributed by atoms with van der Waals surface area (Å²) in [6.07, 6.45) is 2.95. The summed E-state index contributed by atoms with van der Waals surface area (Å²) in [5, 5.41) is 0. The van der Waals surface area contributed by atoms with Crippen molar-refractivity contribution in [3.63, 3.8) is 0 Å². The molecule has 2 heteroatoms. The summed E-state index contributed by atoms with van der Waals surface area (Å²) >= 11 is 0. The molecule has 0 aromatic carbocycles. The summed E-state index contributed by atoms with van der Waals surface area (Å²) < 4.78 is 5.27. The van der Waals surface area contributed by atoms with Crippen LogP contribution in [-0.2, 0) is 9.53 Å². The second kappa shape index (κ2) is 4.09. The predicted molar refractivity (Wildman–Crippen MR) is 61.8 cm³/mol. The Morgan fingerprint density at radius 2 is 1.87 bits per heavy atom. The monoisotopic (exact) mass is 210 g/mol. The Balaban J connectivity index is 2.91. The summed E-state index contributed by atoms with van der Waals surface area (Å²) in [4.78, 5) is 12.3. The first kappa shape index (κ1) is 12.4. The molecule has 1 rings (SSSR count). The first-order valence-corrected chi connectivity index (χ1v) is 5.58. The van der Waals surface area contributed by atoms with Crippen LogP contribution in [-0.4, -0.2) is 19.0 Å². The van der Waals surface area contributed by atoms with Crippen LogP contribution in [0.1, 0.15) is 41.0 Å². The molecule has 15 heavy (non-hydrogen) atoms. The summed E-state index contributed by atoms with van der Waals surface area (Å²) in [7, 11) is 0. The van der Waals surface area contributed by atoms with Gasteiger partial charge in [0.25, 0.3) is 0 Å². The minimum Gasteiger partial charge on any atom is -0.377 e. The van der Waals surface area contributed by atoms with E-state index in [2.05, 4.69) is 6.08 Å². The Morgan fingerprint density at radius 3 is 2.27 bits per heavy atom. The fraction of sp³-hybridized carbons (Fsp3) is 0.769. The molecule has 0 spiro atoms. The van der Waals surface area contributed by atoms with Crippen molar-refractivity contribution < 1.29 is 9.53 Å². The van der Waals surface area contributed by atoms with Gasteiger partial charge in [-0.1, -0.05) is 32.4 Å². The van der Waals surface area contributed by atoms with Crippen molar-refractivity contribution in [3.05, 3.63) is 11.6 Å². The van der Waals surface area contributed by atoms with Gasteiger partial charge in [0.05, 0.1) is 13.2 Å². The van der Waals surface area contributed by atoms with E-state index in [-0.39, 0.29) is 10.8 Å². The van der Waals surface area contributed by atoms with Gasteiger partial charge in [-0.05, 0) is 20.3 Å². The molecule has 0 atom stereocenters. The van der Waals surface area contributed by atoms with Crippen molar-refractivity contribution in [1.29, 1.82) is 0 Å². The average Bonchev–Trinajstić information content (AvgIpc) is 2.16. The van der Waals surface area contributed by atoms with Crippen LogP contribution in [0.4, 0.5) is 0 Å². The zero-order chi connectivity index (χ0) is 11.7. The maximum absolute atomic E-state index is 12.3. The average molecular weight is 210 g/mol. The number of rotatable bonds is 2. The molecule has 1 heterocycles. The molecule has 0 N–H and O–H groups in total. The fourth-order valence-corrected chi connectivity index (χ4v) is 2.18. The van der Waals surface area contributed by atoms with Crippen LogP contribution in [0, 0.1) is 10.8 Å². The van der Waals surface area contributed by atoms with Crippen molar-refractivity contribution in [1.82, 2.24) is 0 Å². The Bertz CT molecular complexity index is 279. The summed E-state index contributed by atoms with van der Waals surface area (Å²) in [6, 6.07) is 0. The smallest absolute Gasteiger partial charge is 0.147 e. The van der Waals surface area contributed by atoms with E-state index in [4.69, 9.17) is 4.74 Å². The quantitative estimate of drug-likeness (QED) is 0.655. The van der Waals surface area contributed by atoms with Gasteiger partial charge in [-0.2, -0.15) is 0 Å². The molecule has 0 saturated heterocycles. The van der Waals surface area contributed by atoms with Gasteiger partial charge in [0, 0.05) is 10.8 Å². The number of hydrogen-bond acceptors (Lipinski definition) is 2. The largest absolute Gasteiger partial charge is 0.377 e. The van der Waals surface area contributed by atoms with E-state index >= 15 is 0 Å². The molecule has 0 aliphatic carbocycles. The van der Waals surface area contributed by atoms with E-state index in [1.165, 1.54) is 5.57 Å².